The fourth-order valence-corrected chi connectivity index (χ4v) is 2.60. The summed E-state index contributed by atoms with van der Waals surface area (Å²) in [5.41, 5.74) is 0.267. The van der Waals surface area contributed by atoms with Crippen molar-refractivity contribution in [1.82, 2.24) is 10.2 Å². The Bertz CT molecular complexity index is 664. The van der Waals surface area contributed by atoms with Crippen LogP contribution in [0, 0.1) is 17.7 Å². The first kappa shape index (κ1) is 16.8. The first-order valence-corrected chi connectivity index (χ1v) is 7.41. The number of carbonyl (C=O) groups is 2. The minimum Gasteiger partial charge on any atom is -0.494 e. The molecule has 1 heterocycles. The van der Waals surface area contributed by atoms with E-state index in [0.717, 1.165) is 12.8 Å². The molecule has 0 radical (unpaired) electrons. The summed E-state index contributed by atoms with van der Waals surface area (Å²) < 4.78 is 18.6. The Morgan fingerprint density at radius 3 is 2.87 bits per heavy atom. The summed E-state index contributed by atoms with van der Waals surface area (Å²) in [6.45, 7) is 2.57. The van der Waals surface area contributed by atoms with Gasteiger partial charge in [0.25, 0.3) is 11.8 Å². The van der Waals surface area contributed by atoms with Crippen molar-refractivity contribution in [3.63, 3.8) is 0 Å². The lowest BCUT2D eigenvalue weighted by Gasteiger charge is -2.33. The average Bonchev–Trinajstić information content (AvgIpc) is 2.54. The smallest absolute Gasteiger partial charge is 0.296 e. The number of amides is 2. The van der Waals surface area contributed by atoms with E-state index in [2.05, 4.69) is 17.2 Å². The summed E-state index contributed by atoms with van der Waals surface area (Å²) in [7, 11) is 1.37. The van der Waals surface area contributed by atoms with Gasteiger partial charge >= 0.3 is 0 Å². The second kappa shape index (κ2) is 7.63. The van der Waals surface area contributed by atoms with E-state index >= 15 is 0 Å². The van der Waals surface area contributed by atoms with E-state index in [1.165, 1.54) is 25.3 Å². The third-order valence-corrected chi connectivity index (χ3v) is 3.68. The number of hydrogen-bond acceptors (Lipinski definition) is 3. The Hall–Kier alpha value is -2.55. The van der Waals surface area contributed by atoms with Gasteiger partial charge in [-0.05, 0) is 43.9 Å². The molecule has 0 bridgehead atoms. The molecule has 2 rings (SSSR count). The molecule has 1 aliphatic heterocycles. The molecule has 1 aliphatic rings. The normalized spacial score (nSPS) is 17.0. The Balaban J connectivity index is 2.05. The predicted octanol–water partition coefficient (Wildman–Crippen LogP) is 1.58. The average molecular weight is 318 g/mol. The topological polar surface area (TPSA) is 58.6 Å². The summed E-state index contributed by atoms with van der Waals surface area (Å²) in [6.07, 6.45) is 1.56. The zero-order valence-corrected chi connectivity index (χ0v) is 13.2. The molecule has 0 saturated carbocycles. The van der Waals surface area contributed by atoms with Gasteiger partial charge in [0.15, 0.2) is 11.6 Å². The maximum absolute atomic E-state index is 13.7. The molecule has 0 spiro atoms. The molecule has 1 fully saturated rings. The number of benzene rings is 1. The highest BCUT2D eigenvalue weighted by molar-refractivity contribution is 5.95. The maximum atomic E-state index is 13.7. The second-order valence-electron chi connectivity index (χ2n) is 5.29. The molecule has 1 aromatic carbocycles. The van der Waals surface area contributed by atoms with Crippen LogP contribution < -0.4 is 10.1 Å². The van der Waals surface area contributed by atoms with Crippen LogP contribution in [0.4, 0.5) is 4.39 Å². The first-order valence-electron chi connectivity index (χ1n) is 7.41. The zero-order chi connectivity index (χ0) is 16.8. The molecule has 1 atom stereocenters. The van der Waals surface area contributed by atoms with Gasteiger partial charge in [-0.15, -0.1) is 0 Å². The van der Waals surface area contributed by atoms with Gasteiger partial charge in [0.2, 0.25) is 0 Å². The summed E-state index contributed by atoms with van der Waals surface area (Å²) in [4.78, 5) is 25.6. The van der Waals surface area contributed by atoms with Crippen LogP contribution in [-0.4, -0.2) is 43.0 Å². The lowest BCUT2D eigenvalue weighted by molar-refractivity contribution is -0.116. The van der Waals surface area contributed by atoms with Gasteiger partial charge in [-0.1, -0.05) is 5.92 Å². The van der Waals surface area contributed by atoms with E-state index in [1.54, 1.807) is 11.8 Å². The van der Waals surface area contributed by atoms with Gasteiger partial charge in [-0.3, -0.25) is 9.59 Å². The molecule has 23 heavy (non-hydrogen) atoms. The van der Waals surface area contributed by atoms with E-state index < -0.39 is 5.82 Å². The molecule has 6 heteroatoms. The van der Waals surface area contributed by atoms with Crippen molar-refractivity contribution in [3.8, 4) is 17.6 Å². The molecule has 1 aromatic rings. The number of likely N-dealkylation sites (tertiary alicyclic amines) is 1. The highest BCUT2D eigenvalue weighted by Crippen LogP contribution is 2.20. The van der Waals surface area contributed by atoms with E-state index in [9.17, 15) is 14.0 Å². The molecule has 2 amide bonds. The molecule has 0 aliphatic carbocycles. The predicted molar refractivity (Wildman–Crippen MR) is 83.5 cm³/mol. The molecular weight excluding hydrogens is 299 g/mol. The standard InChI is InChI=1S/C17H19FN2O3/c1-3-5-16(21)19-13-6-4-9-20(11-13)17(22)12-7-8-15(23-2)14(18)10-12/h7-8,10,13H,4,6,9,11H2,1-2H3,(H,19,21). The minimum atomic E-state index is -0.571. The molecule has 1 N–H and O–H groups in total. The van der Waals surface area contributed by atoms with Crippen LogP contribution in [0.5, 0.6) is 5.75 Å². The molecule has 1 unspecified atom stereocenters. The molecule has 1 saturated heterocycles. The summed E-state index contributed by atoms with van der Waals surface area (Å²) in [6, 6.07) is 4.01. The third kappa shape index (κ3) is 4.22. The van der Waals surface area contributed by atoms with Gasteiger partial charge in [0.05, 0.1) is 7.11 Å². The number of hydrogen-bond donors (Lipinski definition) is 1. The van der Waals surface area contributed by atoms with Gasteiger partial charge < -0.3 is 15.0 Å². The van der Waals surface area contributed by atoms with Crippen molar-refractivity contribution in [2.75, 3.05) is 20.2 Å². The number of carbonyl (C=O) groups excluding carboxylic acids is 2. The monoisotopic (exact) mass is 318 g/mol. The first-order chi connectivity index (χ1) is 11.0. The van der Waals surface area contributed by atoms with Crippen molar-refractivity contribution in [2.45, 2.75) is 25.8 Å². The van der Waals surface area contributed by atoms with Crippen molar-refractivity contribution in [1.29, 1.82) is 0 Å². The quantitative estimate of drug-likeness (QED) is 0.861. The highest BCUT2D eigenvalue weighted by atomic mass is 19.1. The number of rotatable bonds is 3. The maximum Gasteiger partial charge on any atom is 0.296 e. The summed E-state index contributed by atoms with van der Waals surface area (Å²) in [5, 5.41) is 2.79. The van der Waals surface area contributed by atoms with Crippen LogP contribution in [0.1, 0.15) is 30.1 Å². The fourth-order valence-electron chi connectivity index (χ4n) is 2.60. The molecule has 5 nitrogen and oxygen atoms in total. The van der Waals surface area contributed by atoms with Crippen LogP contribution in [0.25, 0.3) is 0 Å². The Morgan fingerprint density at radius 1 is 1.43 bits per heavy atom. The largest absolute Gasteiger partial charge is 0.494 e. The Kier molecular flexibility index (Phi) is 5.58. The van der Waals surface area contributed by atoms with Gasteiger partial charge in [-0.25, -0.2) is 4.39 Å². The summed E-state index contributed by atoms with van der Waals surface area (Å²) >= 11 is 0. The van der Waals surface area contributed by atoms with Crippen molar-refractivity contribution < 1.29 is 18.7 Å². The number of ether oxygens (including phenoxy) is 1. The molecule has 0 aromatic heterocycles. The van der Waals surface area contributed by atoms with E-state index in [1.807, 2.05) is 0 Å². The lowest BCUT2D eigenvalue weighted by Crippen LogP contribution is -2.49. The Morgan fingerprint density at radius 2 is 2.22 bits per heavy atom. The van der Waals surface area contributed by atoms with Crippen LogP contribution in [0.15, 0.2) is 18.2 Å². The molecular formula is C17H19FN2O3. The highest BCUT2D eigenvalue weighted by Gasteiger charge is 2.25. The molecule has 122 valence electrons. The van der Waals surface area contributed by atoms with Gasteiger partial charge in [0, 0.05) is 24.7 Å². The van der Waals surface area contributed by atoms with Crippen LogP contribution in [-0.2, 0) is 4.79 Å². The summed E-state index contributed by atoms with van der Waals surface area (Å²) in [5.74, 6) is 3.89. The fraction of sp³-hybridized carbons (Fsp3) is 0.412. The SMILES string of the molecule is CC#CC(=O)NC1CCCN(C(=O)c2ccc(OC)c(F)c2)C1. The van der Waals surface area contributed by atoms with Crippen molar-refractivity contribution in [3.05, 3.63) is 29.6 Å². The van der Waals surface area contributed by atoms with E-state index in [0.29, 0.717) is 13.1 Å². The number of nitrogens with zero attached hydrogens (tertiary/aromatic N) is 1. The number of piperidine rings is 1. The van der Waals surface area contributed by atoms with Crippen LogP contribution in [0.2, 0.25) is 0 Å². The van der Waals surface area contributed by atoms with Gasteiger partial charge in [-0.2, -0.15) is 0 Å². The number of halogens is 1. The lowest BCUT2D eigenvalue weighted by atomic mass is 10.0. The third-order valence-electron chi connectivity index (χ3n) is 3.68. The number of nitrogens with one attached hydrogen (secondary N) is 1. The Labute approximate surface area is 134 Å². The minimum absolute atomic E-state index is 0.100. The van der Waals surface area contributed by atoms with E-state index in [4.69, 9.17) is 4.74 Å². The van der Waals surface area contributed by atoms with Gasteiger partial charge in [0.1, 0.15) is 0 Å². The van der Waals surface area contributed by atoms with Crippen molar-refractivity contribution in [2.24, 2.45) is 0 Å². The zero-order valence-electron chi connectivity index (χ0n) is 13.2. The van der Waals surface area contributed by atoms with E-state index in [-0.39, 0.29) is 29.2 Å². The van der Waals surface area contributed by atoms with Crippen molar-refractivity contribution >= 4 is 11.8 Å². The number of methoxy groups -OCH3 is 1. The van der Waals surface area contributed by atoms with Crippen LogP contribution >= 0.6 is 0 Å². The second-order valence-corrected chi connectivity index (χ2v) is 5.29. The van der Waals surface area contributed by atoms with Crippen LogP contribution in [0.3, 0.4) is 0 Å².